The zero-order valence-corrected chi connectivity index (χ0v) is 12.1. The molecule has 1 aliphatic carbocycles. The van der Waals surface area contributed by atoms with Gasteiger partial charge in [-0.3, -0.25) is 9.89 Å². The Morgan fingerprint density at radius 2 is 2.11 bits per heavy atom. The summed E-state index contributed by atoms with van der Waals surface area (Å²) in [5, 5.41) is 9.16. The number of halogens is 1. The molecule has 0 spiro atoms. The molecule has 1 aromatic rings. The lowest BCUT2D eigenvalue weighted by Crippen LogP contribution is -2.33. The van der Waals surface area contributed by atoms with Crippen molar-refractivity contribution in [1.29, 1.82) is 0 Å². The first-order valence-corrected chi connectivity index (χ1v) is 8.57. The minimum Gasteiger partial charge on any atom is -0.348 e. The summed E-state index contributed by atoms with van der Waals surface area (Å²) in [6.45, 7) is 1.76. The molecule has 2 N–H and O–H groups in total. The van der Waals surface area contributed by atoms with Gasteiger partial charge in [0.05, 0.1) is 5.69 Å². The van der Waals surface area contributed by atoms with Crippen LogP contribution in [0.1, 0.15) is 48.8 Å². The molecule has 1 aromatic heterocycles. The van der Waals surface area contributed by atoms with Crippen LogP contribution in [0.4, 0.5) is 0 Å². The minimum atomic E-state index is -3.99. The maximum Gasteiger partial charge on any atom is 0.273 e. The highest BCUT2D eigenvalue weighted by molar-refractivity contribution is 8.13. The van der Waals surface area contributed by atoms with Crippen LogP contribution in [0.15, 0.2) is 4.90 Å². The van der Waals surface area contributed by atoms with E-state index in [1.807, 2.05) is 0 Å². The molecule has 0 aromatic carbocycles. The van der Waals surface area contributed by atoms with Crippen molar-refractivity contribution in [2.75, 3.05) is 0 Å². The van der Waals surface area contributed by atoms with Crippen molar-refractivity contribution in [2.24, 2.45) is 0 Å². The number of aromatic nitrogens is 2. The first kappa shape index (κ1) is 14.3. The zero-order valence-electron chi connectivity index (χ0n) is 10.6. The van der Waals surface area contributed by atoms with Crippen molar-refractivity contribution in [2.45, 2.75) is 50.0 Å². The first-order valence-electron chi connectivity index (χ1n) is 6.26. The van der Waals surface area contributed by atoms with E-state index in [1.165, 1.54) is 0 Å². The molecule has 1 fully saturated rings. The highest BCUT2D eigenvalue weighted by atomic mass is 35.7. The smallest absolute Gasteiger partial charge is 0.273 e. The molecule has 6 nitrogen and oxygen atoms in total. The summed E-state index contributed by atoms with van der Waals surface area (Å²) < 4.78 is 23.1. The van der Waals surface area contributed by atoms with E-state index < -0.39 is 15.0 Å². The number of carbonyl (C=O) groups excluding carboxylic acids is 1. The van der Waals surface area contributed by atoms with Crippen molar-refractivity contribution in [3.8, 4) is 0 Å². The van der Waals surface area contributed by atoms with E-state index in [9.17, 15) is 13.2 Å². The molecule has 8 heteroatoms. The zero-order chi connectivity index (χ0) is 14.0. The molecule has 19 heavy (non-hydrogen) atoms. The van der Waals surface area contributed by atoms with Crippen molar-refractivity contribution in [1.82, 2.24) is 15.5 Å². The third-order valence-electron chi connectivity index (χ3n) is 3.29. The van der Waals surface area contributed by atoms with Crippen LogP contribution in [0.3, 0.4) is 0 Å². The fourth-order valence-electron chi connectivity index (χ4n) is 2.35. The summed E-state index contributed by atoms with van der Waals surface area (Å²) in [6.07, 6.45) is 4.39. The molecule has 0 aliphatic heterocycles. The van der Waals surface area contributed by atoms with Gasteiger partial charge in [0, 0.05) is 16.7 Å². The van der Waals surface area contributed by atoms with Crippen LogP contribution in [0, 0.1) is 0 Å². The van der Waals surface area contributed by atoms with Gasteiger partial charge in [0.25, 0.3) is 15.0 Å². The Morgan fingerprint density at radius 3 is 2.63 bits per heavy atom. The molecule has 0 bridgehead atoms. The second-order valence-corrected chi connectivity index (χ2v) is 7.13. The number of carbonyl (C=O) groups is 1. The second-order valence-electron chi connectivity index (χ2n) is 4.63. The van der Waals surface area contributed by atoms with E-state index in [-0.39, 0.29) is 16.6 Å². The lowest BCUT2D eigenvalue weighted by atomic mass is 10.2. The van der Waals surface area contributed by atoms with Gasteiger partial charge in [-0.25, -0.2) is 8.42 Å². The predicted molar refractivity (Wildman–Crippen MR) is 70.7 cm³/mol. The highest BCUT2D eigenvalue weighted by Gasteiger charge is 2.29. The molecule has 2 rings (SSSR count). The number of aryl methyl sites for hydroxylation is 1. The number of nitrogens with zero attached hydrogens (tertiary/aromatic N) is 1. The number of hydrogen-bond acceptors (Lipinski definition) is 4. The van der Waals surface area contributed by atoms with E-state index in [0.29, 0.717) is 12.1 Å². The van der Waals surface area contributed by atoms with Gasteiger partial charge in [-0.05, 0) is 19.3 Å². The van der Waals surface area contributed by atoms with Gasteiger partial charge in [-0.1, -0.05) is 19.8 Å². The quantitative estimate of drug-likeness (QED) is 0.826. The molecule has 106 valence electrons. The number of hydrogen-bond donors (Lipinski definition) is 2. The van der Waals surface area contributed by atoms with Gasteiger partial charge in [0.1, 0.15) is 4.90 Å². The van der Waals surface area contributed by atoms with Crippen molar-refractivity contribution >= 4 is 25.6 Å². The molecule has 1 aliphatic rings. The maximum absolute atomic E-state index is 12.1. The average Bonchev–Trinajstić information content (AvgIpc) is 2.95. The van der Waals surface area contributed by atoms with Crippen LogP contribution < -0.4 is 5.32 Å². The summed E-state index contributed by atoms with van der Waals surface area (Å²) in [7, 11) is 1.39. The van der Waals surface area contributed by atoms with Crippen molar-refractivity contribution in [3.63, 3.8) is 0 Å². The topological polar surface area (TPSA) is 91.9 Å². The SMILES string of the molecule is CCc1[nH]nc(C(=O)NC2CCCC2)c1S(=O)(=O)Cl. The number of nitrogens with one attached hydrogen (secondary N) is 2. The predicted octanol–water partition coefficient (Wildman–Crippen LogP) is 1.57. The lowest BCUT2D eigenvalue weighted by molar-refractivity contribution is 0.0929. The number of amides is 1. The first-order chi connectivity index (χ1) is 8.93. The fraction of sp³-hybridized carbons (Fsp3) is 0.636. The van der Waals surface area contributed by atoms with E-state index in [0.717, 1.165) is 25.7 Å². The molecular weight excluding hydrogens is 290 g/mol. The average molecular weight is 306 g/mol. The van der Waals surface area contributed by atoms with E-state index in [1.54, 1.807) is 6.92 Å². The third kappa shape index (κ3) is 3.09. The van der Waals surface area contributed by atoms with Crippen LogP contribution in [0.25, 0.3) is 0 Å². The number of rotatable bonds is 4. The van der Waals surface area contributed by atoms with E-state index in [2.05, 4.69) is 15.5 Å². The Hall–Kier alpha value is -1.08. The summed E-state index contributed by atoms with van der Waals surface area (Å²) in [6, 6.07) is 0.0974. The van der Waals surface area contributed by atoms with Crippen LogP contribution >= 0.6 is 10.7 Å². The Morgan fingerprint density at radius 1 is 1.47 bits per heavy atom. The Balaban J connectivity index is 2.29. The van der Waals surface area contributed by atoms with Gasteiger partial charge >= 0.3 is 0 Å². The third-order valence-corrected chi connectivity index (χ3v) is 4.68. The molecule has 1 saturated carbocycles. The molecule has 1 heterocycles. The van der Waals surface area contributed by atoms with Gasteiger partial charge in [0.2, 0.25) is 0 Å². The van der Waals surface area contributed by atoms with Gasteiger partial charge < -0.3 is 5.32 Å². The molecular formula is C11H16ClN3O3S. The Bertz CT molecular complexity index is 576. The molecule has 0 atom stereocenters. The number of H-pyrrole nitrogens is 1. The van der Waals surface area contributed by atoms with Gasteiger partial charge in [-0.15, -0.1) is 0 Å². The Labute approximate surface area is 116 Å². The highest BCUT2D eigenvalue weighted by Crippen LogP contribution is 2.24. The molecule has 1 amide bonds. The number of aromatic amines is 1. The standard InChI is InChI=1S/C11H16ClN3O3S/c1-2-8-10(19(12,17)18)9(15-14-8)11(16)13-7-5-3-4-6-7/h7H,2-6H2,1H3,(H,13,16)(H,14,15). The lowest BCUT2D eigenvalue weighted by Gasteiger charge is -2.10. The largest absolute Gasteiger partial charge is 0.348 e. The second kappa shape index (κ2) is 5.50. The fourth-order valence-corrected chi connectivity index (χ4v) is 3.70. The summed E-state index contributed by atoms with van der Waals surface area (Å²) in [5.74, 6) is -0.484. The van der Waals surface area contributed by atoms with Crippen molar-refractivity contribution < 1.29 is 13.2 Å². The van der Waals surface area contributed by atoms with E-state index >= 15 is 0 Å². The maximum atomic E-state index is 12.1. The summed E-state index contributed by atoms with van der Waals surface area (Å²) in [4.78, 5) is 11.9. The molecule has 0 radical (unpaired) electrons. The summed E-state index contributed by atoms with van der Waals surface area (Å²) in [5.41, 5.74) is 0.213. The van der Waals surface area contributed by atoms with E-state index in [4.69, 9.17) is 10.7 Å². The van der Waals surface area contributed by atoms with Crippen LogP contribution in [-0.4, -0.2) is 30.6 Å². The van der Waals surface area contributed by atoms with Crippen LogP contribution in [0.5, 0.6) is 0 Å². The van der Waals surface area contributed by atoms with Gasteiger partial charge in [0.15, 0.2) is 5.69 Å². The normalized spacial score (nSPS) is 16.7. The van der Waals surface area contributed by atoms with Gasteiger partial charge in [-0.2, -0.15) is 5.10 Å². The summed E-state index contributed by atoms with van der Waals surface area (Å²) >= 11 is 0. The van der Waals surface area contributed by atoms with Crippen LogP contribution in [0.2, 0.25) is 0 Å². The van der Waals surface area contributed by atoms with Crippen molar-refractivity contribution in [3.05, 3.63) is 11.4 Å². The monoisotopic (exact) mass is 305 g/mol. The molecule has 0 saturated heterocycles. The minimum absolute atomic E-state index is 0.0974. The Kier molecular flexibility index (Phi) is 4.15. The van der Waals surface area contributed by atoms with Crippen LogP contribution in [-0.2, 0) is 15.5 Å². The molecule has 0 unspecified atom stereocenters.